The summed E-state index contributed by atoms with van der Waals surface area (Å²) in [5.41, 5.74) is 1.11. The molecule has 1 aliphatic heterocycles. The molecule has 2 aliphatic rings. The fraction of sp³-hybridized carbons (Fsp3) is 0.571. The summed E-state index contributed by atoms with van der Waals surface area (Å²) in [4.78, 5) is 14.8. The first-order valence-corrected chi connectivity index (χ1v) is 11.3. The molecule has 150 valence electrons. The molecule has 2 aromatic rings. The molecule has 1 unspecified atom stereocenters. The van der Waals surface area contributed by atoms with Gasteiger partial charge < -0.3 is 10.2 Å². The van der Waals surface area contributed by atoms with Crippen LogP contribution in [0.25, 0.3) is 0 Å². The second-order valence-corrected chi connectivity index (χ2v) is 8.98. The third-order valence-electron chi connectivity index (χ3n) is 5.63. The average Bonchev–Trinajstić information content (AvgIpc) is 3.47. The van der Waals surface area contributed by atoms with Gasteiger partial charge in [-0.2, -0.15) is 0 Å². The highest BCUT2D eigenvalue weighted by molar-refractivity contribution is 7.99. The predicted octanol–water partition coefficient (Wildman–Crippen LogP) is 3.82. The van der Waals surface area contributed by atoms with E-state index < -0.39 is 0 Å². The number of piperidine rings is 1. The van der Waals surface area contributed by atoms with Gasteiger partial charge in [0.25, 0.3) is 0 Å². The van der Waals surface area contributed by atoms with Crippen LogP contribution in [0.2, 0.25) is 0 Å². The lowest BCUT2D eigenvalue weighted by molar-refractivity contribution is -0.119. The number of rotatable bonds is 7. The van der Waals surface area contributed by atoms with Crippen molar-refractivity contribution in [3.8, 4) is 0 Å². The molecule has 1 amide bonds. The van der Waals surface area contributed by atoms with Crippen molar-refractivity contribution < 1.29 is 4.79 Å². The fourth-order valence-electron chi connectivity index (χ4n) is 3.68. The molecule has 1 atom stereocenters. The van der Waals surface area contributed by atoms with Crippen molar-refractivity contribution in [3.05, 3.63) is 35.9 Å². The van der Waals surface area contributed by atoms with Crippen molar-refractivity contribution >= 4 is 23.6 Å². The smallest absolute Gasteiger partial charge is 0.230 e. The van der Waals surface area contributed by atoms with Crippen LogP contribution in [0.15, 0.2) is 35.5 Å². The lowest BCUT2D eigenvalue weighted by atomic mass is 10.00. The second-order valence-electron chi connectivity index (χ2n) is 8.04. The van der Waals surface area contributed by atoms with Gasteiger partial charge in [0, 0.05) is 19.1 Å². The molecule has 0 spiro atoms. The van der Waals surface area contributed by atoms with Crippen LogP contribution in [0.5, 0.6) is 0 Å². The Morgan fingerprint density at radius 3 is 2.57 bits per heavy atom. The third kappa shape index (κ3) is 4.51. The molecule has 1 saturated carbocycles. The van der Waals surface area contributed by atoms with Crippen molar-refractivity contribution in [3.63, 3.8) is 0 Å². The largest absolute Gasteiger partial charge is 0.349 e. The molecular formula is C21H29N5OS. The monoisotopic (exact) mass is 399 g/mol. The number of nitrogens with one attached hydrogen (secondary N) is 1. The zero-order valence-corrected chi connectivity index (χ0v) is 17.5. The minimum Gasteiger partial charge on any atom is -0.349 e. The minimum absolute atomic E-state index is 0.00139. The number of thioether (sulfide) groups is 1. The number of aromatic nitrogens is 3. The number of carbonyl (C=O) groups is 1. The van der Waals surface area contributed by atoms with Gasteiger partial charge in [0.1, 0.15) is 0 Å². The van der Waals surface area contributed by atoms with E-state index in [1.54, 1.807) is 0 Å². The van der Waals surface area contributed by atoms with Gasteiger partial charge in [-0.25, -0.2) is 0 Å². The van der Waals surface area contributed by atoms with Gasteiger partial charge in [-0.15, -0.1) is 10.2 Å². The summed E-state index contributed by atoms with van der Waals surface area (Å²) < 4.78 is 2.27. The highest BCUT2D eigenvalue weighted by Crippen LogP contribution is 2.41. The fourth-order valence-corrected chi connectivity index (χ4v) is 4.49. The van der Waals surface area contributed by atoms with Crippen molar-refractivity contribution in [2.24, 2.45) is 5.92 Å². The minimum atomic E-state index is 0.00139. The van der Waals surface area contributed by atoms with Crippen molar-refractivity contribution in [2.45, 2.75) is 56.8 Å². The molecule has 2 fully saturated rings. The highest BCUT2D eigenvalue weighted by atomic mass is 32.2. The number of nitrogens with zero attached hydrogens (tertiary/aromatic N) is 4. The molecule has 0 bridgehead atoms. The van der Waals surface area contributed by atoms with Crippen molar-refractivity contribution in [1.82, 2.24) is 20.1 Å². The van der Waals surface area contributed by atoms with Gasteiger partial charge in [0.05, 0.1) is 11.8 Å². The molecule has 2 heterocycles. The predicted molar refractivity (Wildman–Crippen MR) is 113 cm³/mol. The van der Waals surface area contributed by atoms with Gasteiger partial charge in [0.15, 0.2) is 5.16 Å². The van der Waals surface area contributed by atoms with E-state index in [2.05, 4.69) is 31.9 Å². The van der Waals surface area contributed by atoms with Gasteiger partial charge in [0.2, 0.25) is 11.9 Å². The molecule has 1 aromatic carbocycles. The molecular weight excluding hydrogens is 370 g/mol. The number of amides is 1. The molecule has 1 aromatic heterocycles. The summed E-state index contributed by atoms with van der Waals surface area (Å²) in [5.74, 6) is 2.17. The van der Waals surface area contributed by atoms with Gasteiger partial charge in [-0.1, -0.05) is 49.0 Å². The summed E-state index contributed by atoms with van der Waals surface area (Å²) >= 11 is 1.50. The number of benzene rings is 1. The van der Waals surface area contributed by atoms with Crippen LogP contribution < -0.4 is 10.2 Å². The molecule has 28 heavy (non-hydrogen) atoms. The van der Waals surface area contributed by atoms with Crippen LogP contribution in [0.4, 0.5) is 5.95 Å². The average molecular weight is 400 g/mol. The number of anilines is 1. The maximum Gasteiger partial charge on any atom is 0.230 e. The number of hydrogen-bond acceptors (Lipinski definition) is 5. The topological polar surface area (TPSA) is 63.1 Å². The zero-order chi connectivity index (χ0) is 19.5. The van der Waals surface area contributed by atoms with Crippen LogP contribution in [-0.2, 0) is 4.79 Å². The molecule has 0 radical (unpaired) electrons. The van der Waals surface area contributed by atoms with E-state index >= 15 is 0 Å². The first-order valence-electron chi connectivity index (χ1n) is 10.3. The van der Waals surface area contributed by atoms with Crippen LogP contribution in [0.1, 0.15) is 57.2 Å². The van der Waals surface area contributed by atoms with Crippen LogP contribution in [-0.4, -0.2) is 39.5 Å². The molecule has 1 aliphatic carbocycles. The summed E-state index contributed by atoms with van der Waals surface area (Å²) in [5, 5.41) is 12.9. The quantitative estimate of drug-likeness (QED) is 0.717. The molecule has 4 rings (SSSR count). The maximum atomic E-state index is 12.4. The molecule has 7 heteroatoms. The summed E-state index contributed by atoms with van der Waals surface area (Å²) in [6.45, 7) is 6.43. The first-order chi connectivity index (χ1) is 13.6. The normalized spacial score (nSPS) is 18.9. The highest BCUT2D eigenvalue weighted by Gasteiger charge is 2.32. The second kappa shape index (κ2) is 8.55. The standard InChI is InChI=1S/C21H29N5OS/c1-15-10-12-25(13-11-15)20-23-24-21(26(20)18-8-9-18)28-14-19(27)22-16(2)17-6-4-3-5-7-17/h3-7,15-16,18H,8-14H2,1-2H3,(H,22,27). The number of carbonyl (C=O) groups excluding carboxylic acids is 1. The summed E-state index contributed by atoms with van der Waals surface area (Å²) in [6, 6.07) is 10.5. The summed E-state index contributed by atoms with van der Waals surface area (Å²) in [7, 11) is 0. The van der Waals surface area contributed by atoms with Crippen molar-refractivity contribution in [1.29, 1.82) is 0 Å². The Morgan fingerprint density at radius 2 is 1.89 bits per heavy atom. The van der Waals surface area contributed by atoms with Crippen LogP contribution in [0.3, 0.4) is 0 Å². The van der Waals surface area contributed by atoms with Crippen LogP contribution in [0, 0.1) is 5.92 Å². The molecule has 6 nitrogen and oxygen atoms in total. The van der Waals surface area contributed by atoms with Gasteiger partial charge in [-0.3, -0.25) is 9.36 Å². The van der Waals surface area contributed by atoms with E-state index in [9.17, 15) is 4.79 Å². The van der Waals surface area contributed by atoms with Gasteiger partial charge >= 0.3 is 0 Å². The Morgan fingerprint density at radius 1 is 1.18 bits per heavy atom. The van der Waals surface area contributed by atoms with E-state index in [-0.39, 0.29) is 11.9 Å². The van der Waals surface area contributed by atoms with Crippen molar-refractivity contribution in [2.75, 3.05) is 23.7 Å². The van der Waals surface area contributed by atoms with E-state index in [1.165, 1.54) is 37.4 Å². The van der Waals surface area contributed by atoms with E-state index in [4.69, 9.17) is 0 Å². The van der Waals surface area contributed by atoms with E-state index in [1.807, 2.05) is 37.3 Å². The Kier molecular flexibility index (Phi) is 5.90. The van der Waals surface area contributed by atoms with Crippen LogP contribution >= 0.6 is 11.8 Å². The maximum absolute atomic E-state index is 12.4. The third-order valence-corrected chi connectivity index (χ3v) is 6.58. The lowest BCUT2D eigenvalue weighted by Gasteiger charge is -2.31. The van der Waals surface area contributed by atoms with E-state index in [0.29, 0.717) is 11.8 Å². The summed E-state index contributed by atoms with van der Waals surface area (Å²) in [6.07, 6.45) is 4.78. The SMILES string of the molecule is CC1CCN(c2nnc(SCC(=O)NC(C)c3ccccc3)n2C2CC2)CC1. The van der Waals surface area contributed by atoms with E-state index in [0.717, 1.165) is 35.7 Å². The molecule has 1 saturated heterocycles. The lowest BCUT2D eigenvalue weighted by Crippen LogP contribution is -2.34. The van der Waals surface area contributed by atoms with Gasteiger partial charge in [-0.05, 0) is 44.1 Å². The Labute approximate surface area is 171 Å². The Balaban J connectivity index is 1.37. The zero-order valence-electron chi connectivity index (χ0n) is 16.7. The Hall–Kier alpha value is -2.02. The Bertz CT molecular complexity index is 796. The molecule has 1 N–H and O–H groups in total. The number of hydrogen-bond donors (Lipinski definition) is 1. The first kappa shape index (κ1) is 19.3.